The van der Waals surface area contributed by atoms with E-state index in [0.29, 0.717) is 23.5 Å². The first kappa shape index (κ1) is 13.9. The van der Waals surface area contributed by atoms with Crippen LogP contribution in [0, 0.1) is 11.2 Å². The van der Waals surface area contributed by atoms with Crippen LogP contribution in [0.3, 0.4) is 0 Å². The van der Waals surface area contributed by atoms with Crippen LogP contribution >= 0.6 is 0 Å². The number of carboxylic acids is 1. The molecule has 0 spiro atoms. The van der Waals surface area contributed by atoms with Gasteiger partial charge in [0, 0.05) is 5.56 Å². The summed E-state index contributed by atoms with van der Waals surface area (Å²) in [5.74, 6) is -1.93. The normalized spacial score (nSPS) is 12.1. The van der Waals surface area contributed by atoms with E-state index in [9.17, 15) is 9.18 Å². The molecule has 104 valence electrons. The third-order valence-electron chi connectivity index (χ3n) is 3.08. The Labute approximate surface area is 115 Å². The number of imidazole rings is 1. The summed E-state index contributed by atoms with van der Waals surface area (Å²) in [6.07, 6.45) is 1.88. The molecule has 0 fully saturated rings. The minimum absolute atomic E-state index is 0.359. The van der Waals surface area contributed by atoms with Gasteiger partial charge < -0.3 is 10.1 Å². The van der Waals surface area contributed by atoms with E-state index in [1.807, 2.05) is 0 Å². The number of benzene rings is 1. The van der Waals surface area contributed by atoms with Gasteiger partial charge in [-0.15, -0.1) is 0 Å². The van der Waals surface area contributed by atoms with E-state index in [1.54, 1.807) is 25.1 Å². The lowest BCUT2D eigenvalue weighted by atomic mass is 10.00. The monoisotopic (exact) mass is 275 g/mol. The molecule has 3 N–H and O–H groups in total. The molecule has 5 nitrogen and oxygen atoms in total. The number of carbonyl (C=O) groups is 1. The molecule has 1 aromatic carbocycles. The predicted molar refractivity (Wildman–Crippen MR) is 72.4 cm³/mol. The Bertz CT molecular complexity index is 651. The Balaban J connectivity index is 2.35. The van der Waals surface area contributed by atoms with Crippen molar-refractivity contribution in [2.75, 3.05) is 0 Å². The first-order valence-corrected chi connectivity index (χ1v) is 6.16. The van der Waals surface area contributed by atoms with Crippen LogP contribution in [0.4, 0.5) is 4.39 Å². The van der Waals surface area contributed by atoms with Crippen molar-refractivity contribution in [3.05, 3.63) is 42.1 Å². The molecule has 0 bridgehead atoms. The van der Waals surface area contributed by atoms with E-state index in [4.69, 9.17) is 10.5 Å². The number of aromatic nitrogens is 2. The van der Waals surface area contributed by atoms with Gasteiger partial charge >= 0.3 is 5.97 Å². The molecule has 0 saturated heterocycles. The van der Waals surface area contributed by atoms with Crippen LogP contribution in [0.2, 0.25) is 0 Å². The summed E-state index contributed by atoms with van der Waals surface area (Å²) < 4.78 is 13.7. The van der Waals surface area contributed by atoms with Crippen LogP contribution in [0.5, 0.6) is 0 Å². The van der Waals surface area contributed by atoms with Gasteiger partial charge in [0.15, 0.2) is 0 Å². The standard InChI is InChI=1S/C14H14FN3O2/c1-2-8(12(16)14(19)20)13-17-7-11(18-13)9-5-3-4-6-10(9)15/h3-8,16H,2H2,1H3,(H,17,18)(H,19,20). The number of hydrogen-bond donors (Lipinski definition) is 3. The Hall–Kier alpha value is -2.50. The van der Waals surface area contributed by atoms with Crippen LogP contribution in [0.15, 0.2) is 30.5 Å². The van der Waals surface area contributed by atoms with Crippen molar-refractivity contribution in [1.82, 2.24) is 9.97 Å². The van der Waals surface area contributed by atoms with E-state index in [0.717, 1.165) is 0 Å². The molecule has 1 aromatic heterocycles. The largest absolute Gasteiger partial charge is 0.477 e. The van der Waals surface area contributed by atoms with Crippen molar-refractivity contribution < 1.29 is 14.3 Å². The number of nitrogens with zero attached hydrogens (tertiary/aromatic N) is 1. The minimum Gasteiger partial charge on any atom is -0.477 e. The molecule has 0 aliphatic carbocycles. The van der Waals surface area contributed by atoms with Crippen molar-refractivity contribution in [2.24, 2.45) is 0 Å². The van der Waals surface area contributed by atoms with Crippen LogP contribution in [0.25, 0.3) is 11.3 Å². The smallest absolute Gasteiger partial charge is 0.350 e. The molecular weight excluding hydrogens is 261 g/mol. The van der Waals surface area contributed by atoms with Crippen molar-refractivity contribution in [2.45, 2.75) is 19.3 Å². The number of aromatic amines is 1. The highest BCUT2D eigenvalue weighted by Gasteiger charge is 2.24. The van der Waals surface area contributed by atoms with E-state index in [1.165, 1.54) is 12.3 Å². The third-order valence-corrected chi connectivity index (χ3v) is 3.08. The number of hydrogen-bond acceptors (Lipinski definition) is 3. The second-order valence-electron chi connectivity index (χ2n) is 4.34. The van der Waals surface area contributed by atoms with Gasteiger partial charge in [0.25, 0.3) is 0 Å². The Morgan fingerprint density at radius 3 is 2.80 bits per heavy atom. The highest BCUT2D eigenvalue weighted by atomic mass is 19.1. The minimum atomic E-state index is -1.28. The van der Waals surface area contributed by atoms with Crippen LogP contribution in [-0.4, -0.2) is 26.8 Å². The fourth-order valence-corrected chi connectivity index (χ4v) is 2.01. The van der Waals surface area contributed by atoms with Crippen LogP contribution in [-0.2, 0) is 4.79 Å². The van der Waals surface area contributed by atoms with Crippen molar-refractivity contribution in [3.63, 3.8) is 0 Å². The molecule has 1 heterocycles. The molecular formula is C14H14FN3O2. The quantitative estimate of drug-likeness (QED) is 0.733. The van der Waals surface area contributed by atoms with E-state index >= 15 is 0 Å². The maximum absolute atomic E-state index is 13.7. The highest BCUT2D eigenvalue weighted by Crippen LogP contribution is 2.24. The van der Waals surface area contributed by atoms with Crippen LogP contribution in [0.1, 0.15) is 25.1 Å². The van der Waals surface area contributed by atoms with Gasteiger partial charge in [0.2, 0.25) is 0 Å². The molecule has 2 aromatic rings. The molecule has 20 heavy (non-hydrogen) atoms. The highest BCUT2D eigenvalue weighted by molar-refractivity contribution is 6.36. The second-order valence-corrected chi connectivity index (χ2v) is 4.34. The number of rotatable bonds is 5. The topological polar surface area (TPSA) is 89.8 Å². The van der Waals surface area contributed by atoms with Crippen molar-refractivity contribution in [1.29, 1.82) is 5.41 Å². The molecule has 0 aliphatic rings. The fourth-order valence-electron chi connectivity index (χ4n) is 2.01. The van der Waals surface area contributed by atoms with Crippen molar-refractivity contribution in [3.8, 4) is 11.3 Å². The molecule has 2 rings (SSSR count). The maximum atomic E-state index is 13.7. The summed E-state index contributed by atoms with van der Waals surface area (Å²) >= 11 is 0. The van der Waals surface area contributed by atoms with Gasteiger partial charge in [0.1, 0.15) is 17.4 Å². The molecule has 0 radical (unpaired) electrons. The summed E-state index contributed by atoms with van der Waals surface area (Å²) in [4.78, 5) is 17.9. The van der Waals surface area contributed by atoms with Gasteiger partial charge in [-0.25, -0.2) is 14.2 Å². The Morgan fingerprint density at radius 2 is 2.20 bits per heavy atom. The lowest BCUT2D eigenvalue weighted by Crippen LogP contribution is -2.21. The van der Waals surface area contributed by atoms with Crippen molar-refractivity contribution >= 4 is 11.7 Å². The third kappa shape index (κ3) is 2.59. The van der Waals surface area contributed by atoms with Gasteiger partial charge in [-0.2, -0.15) is 0 Å². The molecule has 0 saturated carbocycles. The van der Waals surface area contributed by atoms with Gasteiger partial charge in [-0.1, -0.05) is 19.1 Å². The number of halogens is 1. The van der Waals surface area contributed by atoms with Gasteiger partial charge in [-0.3, -0.25) is 5.41 Å². The number of nitrogens with one attached hydrogen (secondary N) is 2. The first-order valence-electron chi connectivity index (χ1n) is 6.16. The average molecular weight is 275 g/mol. The van der Waals surface area contributed by atoms with Gasteiger partial charge in [0.05, 0.1) is 17.8 Å². The second kappa shape index (κ2) is 5.64. The molecule has 0 amide bonds. The van der Waals surface area contributed by atoms with E-state index < -0.39 is 17.6 Å². The first-order chi connectivity index (χ1) is 9.54. The number of aliphatic carboxylic acids is 1. The van der Waals surface area contributed by atoms with Crippen LogP contribution < -0.4 is 0 Å². The predicted octanol–water partition coefficient (Wildman–Crippen LogP) is 2.81. The van der Waals surface area contributed by atoms with Gasteiger partial charge in [-0.05, 0) is 18.6 Å². The Morgan fingerprint density at radius 1 is 1.50 bits per heavy atom. The van der Waals surface area contributed by atoms with E-state index in [2.05, 4.69) is 9.97 Å². The summed E-state index contributed by atoms with van der Waals surface area (Å²) in [5, 5.41) is 16.4. The molecule has 6 heteroatoms. The summed E-state index contributed by atoms with van der Waals surface area (Å²) in [7, 11) is 0. The lowest BCUT2D eigenvalue weighted by Gasteiger charge is -2.10. The zero-order valence-electron chi connectivity index (χ0n) is 10.9. The molecule has 1 unspecified atom stereocenters. The summed E-state index contributed by atoms with van der Waals surface area (Å²) in [5.41, 5.74) is 0.402. The summed E-state index contributed by atoms with van der Waals surface area (Å²) in [6.45, 7) is 1.77. The SMILES string of the molecule is CCC(C(=N)C(=O)O)c1ncc(-c2ccccc2F)[nH]1. The maximum Gasteiger partial charge on any atom is 0.350 e. The zero-order chi connectivity index (χ0) is 14.7. The lowest BCUT2D eigenvalue weighted by molar-refractivity contribution is -0.129. The average Bonchev–Trinajstić information content (AvgIpc) is 2.89. The Kier molecular flexibility index (Phi) is 3.93. The summed E-state index contributed by atoms with van der Waals surface area (Å²) in [6, 6.07) is 6.24. The zero-order valence-corrected chi connectivity index (χ0v) is 10.9. The number of H-pyrrole nitrogens is 1. The van der Waals surface area contributed by atoms with E-state index in [-0.39, 0.29) is 5.82 Å². The fraction of sp³-hybridized carbons (Fsp3) is 0.214. The molecule has 1 atom stereocenters. The number of carboxylic acid groups (broad SMARTS) is 1. The molecule has 0 aliphatic heterocycles.